The summed E-state index contributed by atoms with van der Waals surface area (Å²) in [6.07, 6.45) is 4.10. The minimum Gasteiger partial charge on any atom is -0.337 e. The molecule has 0 spiro atoms. The second-order valence-corrected chi connectivity index (χ2v) is 8.09. The number of imidazole rings is 1. The van der Waals surface area contributed by atoms with Gasteiger partial charge in [-0.1, -0.05) is 36.3 Å². The minimum atomic E-state index is -0.172. The average Bonchev–Trinajstić information content (AvgIpc) is 3.09. The molecule has 3 atom stereocenters. The first kappa shape index (κ1) is 15.7. The van der Waals surface area contributed by atoms with Crippen molar-refractivity contribution in [1.82, 2.24) is 29.2 Å². The van der Waals surface area contributed by atoms with E-state index in [4.69, 9.17) is 4.52 Å². The highest BCUT2D eigenvalue weighted by molar-refractivity contribution is 5.68. The van der Waals surface area contributed by atoms with Crippen LogP contribution in [0.2, 0.25) is 0 Å². The quantitative estimate of drug-likeness (QED) is 0.545. The van der Waals surface area contributed by atoms with Crippen LogP contribution in [-0.4, -0.2) is 29.2 Å². The lowest BCUT2D eigenvalue weighted by Crippen LogP contribution is -2.22. The molecule has 28 heavy (non-hydrogen) atoms. The molecule has 4 aromatic rings. The third kappa shape index (κ3) is 1.97. The summed E-state index contributed by atoms with van der Waals surface area (Å²) in [7, 11) is 1.78. The number of fused-ring (bicyclic) bond motifs is 4. The molecule has 0 radical (unpaired) electrons. The first-order chi connectivity index (χ1) is 13.6. The first-order valence-corrected chi connectivity index (χ1v) is 9.33. The van der Waals surface area contributed by atoms with Gasteiger partial charge in [-0.05, 0) is 23.0 Å². The highest BCUT2D eigenvalue weighted by atomic mass is 16.5. The number of aryl methyl sites for hydroxylation is 1. The van der Waals surface area contributed by atoms with E-state index in [1.165, 1.54) is 22.0 Å². The van der Waals surface area contributed by atoms with Gasteiger partial charge in [-0.25, -0.2) is 9.97 Å². The van der Waals surface area contributed by atoms with Crippen LogP contribution in [0.5, 0.6) is 0 Å². The van der Waals surface area contributed by atoms with Gasteiger partial charge < -0.3 is 9.09 Å². The van der Waals surface area contributed by atoms with Crippen LogP contribution in [0.15, 0.2) is 46.2 Å². The molecule has 140 valence electrons. The van der Waals surface area contributed by atoms with E-state index < -0.39 is 0 Å². The van der Waals surface area contributed by atoms with Crippen LogP contribution < -0.4 is 5.56 Å². The summed E-state index contributed by atoms with van der Waals surface area (Å²) in [5.74, 6) is 1.88. The Bertz CT molecular complexity index is 1300. The zero-order valence-electron chi connectivity index (χ0n) is 15.5. The largest absolute Gasteiger partial charge is 0.337 e. The normalized spacial score (nSPS) is 25.1. The minimum absolute atomic E-state index is 0.164. The molecule has 1 unspecified atom stereocenters. The van der Waals surface area contributed by atoms with Crippen molar-refractivity contribution in [3.63, 3.8) is 0 Å². The van der Waals surface area contributed by atoms with Crippen molar-refractivity contribution in [2.24, 2.45) is 12.5 Å². The molecule has 1 aromatic carbocycles. The molecular formula is C20H18N6O2. The molecule has 0 saturated heterocycles. The van der Waals surface area contributed by atoms with Crippen LogP contribution >= 0.6 is 0 Å². The SMILES string of the molecule is Cn1cnc2ncn(Cc3nc([C@H]4[C@@H]5c6ccccc6CC45C)no3)c(=O)c21. The lowest BCUT2D eigenvalue weighted by Gasteiger charge is -2.07. The molecule has 8 nitrogen and oxygen atoms in total. The van der Waals surface area contributed by atoms with Crippen LogP contribution in [0.3, 0.4) is 0 Å². The van der Waals surface area contributed by atoms with Gasteiger partial charge in [-0.2, -0.15) is 4.98 Å². The van der Waals surface area contributed by atoms with Gasteiger partial charge in [-0.3, -0.25) is 9.36 Å². The van der Waals surface area contributed by atoms with Gasteiger partial charge in [-0.15, -0.1) is 0 Å². The van der Waals surface area contributed by atoms with Crippen molar-refractivity contribution >= 4 is 11.2 Å². The summed E-state index contributed by atoms with van der Waals surface area (Å²) in [6.45, 7) is 2.49. The van der Waals surface area contributed by atoms with E-state index in [2.05, 4.69) is 51.3 Å². The second kappa shape index (κ2) is 5.15. The molecule has 0 amide bonds. The van der Waals surface area contributed by atoms with E-state index in [0.717, 1.165) is 12.2 Å². The Kier molecular flexibility index (Phi) is 2.90. The molecule has 1 fully saturated rings. The summed E-state index contributed by atoms with van der Waals surface area (Å²) >= 11 is 0. The summed E-state index contributed by atoms with van der Waals surface area (Å²) in [5, 5.41) is 4.24. The van der Waals surface area contributed by atoms with Gasteiger partial charge in [0.2, 0.25) is 5.89 Å². The predicted molar refractivity (Wildman–Crippen MR) is 99.9 cm³/mol. The zero-order chi connectivity index (χ0) is 19.0. The highest BCUT2D eigenvalue weighted by Gasteiger charge is 2.67. The maximum atomic E-state index is 12.7. The fourth-order valence-corrected chi connectivity index (χ4v) is 4.96. The van der Waals surface area contributed by atoms with Crippen LogP contribution in [0, 0.1) is 5.41 Å². The van der Waals surface area contributed by atoms with Crippen molar-refractivity contribution in [3.05, 3.63) is 70.1 Å². The molecule has 3 aromatic heterocycles. The molecule has 6 rings (SSSR count). The number of aromatic nitrogens is 6. The average molecular weight is 374 g/mol. The lowest BCUT2D eigenvalue weighted by molar-refractivity contribution is 0.362. The van der Waals surface area contributed by atoms with Crippen LogP contribution in [0.4, 0.5) is 0 Å². The molecule has 0 aliphatic heterocycles. The Labute approximate surface area is 159 Å². The van der Waals surface area contributed by atoms with Gasteiger partial charge in [0.1, 0.15) is 12.9 Å². The fourth-order valence-electron chi connectivity index (χ4n) is 4.96. The first-order valence-electron chi connectivity index (χ1n) is 9.33. The standard InChI is InChI=1S/C20H18N6O2/c1-20-7-11-5-3-4-6-12(11)14(20)15(20)17-23-13(28-24-17)8-26-10-22-18-16(19(26)27)25(2)9-21-18/h3-6,9-10,14-15H,7-8H2,1-2H3/t14-,15+,20?/m0/s1. The monoisotopic (exact) mass is 374 g/mol. The maximum Gasteiger partial charge on any atom is 0.280 e. The topological polar surface area (TPSA) is 91.6 Å². The predicted octanol–water partition coefficient (Wildman–Crippen LogP) is 2.00. The Morgan fingerprint density at radius 3 is 2.93 bits per heavy atom. The van der Waals surface area contributed by atoms with E-state index >= 15 is 0 Å². The molecule has 2 aliphatic carbocycles. The van der Waals surface area contributed by atoms with Gasteiger partial charge in [0, 0.05) is 18.9 Å². The van der Waals surface area contributed by atoms with Gasteiger partial charge >= 0.3 is 0 Å². The van der Waals surface area contributed by atoms with Gasteiger partial charge in [0.25, 0.3) is 5.56 Å². The molecule has 2 aliphatic rings. The third-order valence-electron chi connectivity index (χ3n) is 6.37. The Morgan fingerprint density at radius 2 is 2.04 bits per heavy atom. The summed E-state index contributed by atoms with van der Waals surface area (Å²) in [6, 6.07) is 8.61. The Hall–Kier alpha value is -3.29. The lowest BCUT2D eigenvalue weighted by atomic mass is 9.97. The molecule has 0 N–H and O–H groups in total. The third-order valence-corrected chi connectivity index (χ3v) is 6.37. The summed E-state index contributed by atoms with van der Waals surface area (Å²) < 4.78 is 8.62. The van der Waals surface area contributed by atoms with Crippen molar-refractivity contribution in [2.75, 3.05) is 0 Å². The summed E-state index contributed by atoms with van der Waals surface area (Å²) in [4.78, 5) is 25.6. The van der Waals surface area contributed by atoms with E-state index in [9.17, 15) is 4.79 Å². The number of hydrogen-bond donors (Lipinski definition) is 0. The van der Waals surface area contributed by atoms with E-state index in [-0.39, 0.29) is 23.4 Å². The number of hydrogen-bond acceptors (Lipinski definition) is 6. The Balaban J connectivity index is 1.30. The number of nitrogens with zero attached hydrogens (tertiary/aromatic N) is 6. The molecule has 1 saturated carbocycles. The van der Waals surface area contributed by atoms with Crippen molar-refractivity contribution in [3.8, 4) is 0 Å². The van der Waals surface area contributed by atoms with Crippen molar-refractivity contribution in [2.45, 2.75) is 31.7 Å². The molecular weight excluding hydrogens is 356 g/mol. The Morgan fingerprint density at radius 1 is 1.21 bits per heavy atom. The van der Waals surface area contributed by atoms with E-state index in [1.54, 1.807) is 17.9 Å². The van der Waals surface area contributed by atoms with Crippen molar-refractivity contribution in [1.29, 1.82) is 0 Å². The second-order valence-electron chi connectivity index (χ2n) is 8.09. The summed E-state index contributed by atoms with van der Waals surface area (Å²) in [5.41, 5.74) is 3.72. The van der Waals surface area contributed by atoms with Crippen LogP contribution in [-0.2, 0) is 20.0 Å². The van der Waals surface area contributed by atoms with Crippen molar-refractivity contribution < 1.29 is 4.52 Å². The highest BCUT2D eigenvalue weighted by Crippen LogP contribution is 2.75. The van der Waals surface area contributed by atoms with Gasteiger partial charge in [0.05, 0.1) is 6.33 Å². The number of benzene rings is 1. The van der Waals surface area contributed by atoms with Crippen LogP contribution in [0.25, 0.3) is 11.2 Å². The smallest absolute Gasteiger partial charge is 0.280 e. The van der Waals surface area contributed by atoms with E-state index in [1.807, 2.05) is 0 Å². The van der Waals surface area contributed by atoms with Gasteiger partial charge in [0.15, 0.2) is 17.0 Å². The molecule has 0 bridgehead atoms. The molecule has 3 heterocycles. The molecule has 8 heteroatoms. The van der Waals surface area contributed by atoms with Crippen LogP contribution in [0.1, 0.15) is 41.6 Å². The number of rotatable bonds is 3. The fraction of sp³-hybridized carbons (Fsp3) is 0.350. The maximum absolute atomic E-state index is 12.7. The van der Waals surface area contributed by atoms with E-state index in [0.29, 0.717) is 23.0 Å². The zero-order valence-corrected chi connectivity index (χ0v) is 15.5.